The first-order valence-electron chi connectivity index (χ1n) is 11.0. The zero-order valence-corrected chi connectivity index (χ0v) is 18.1. The van der Waals surface area contributed by atoms with Crippen LogP contribution in [0.4, 0.5) is 4.79 Å². The molecule has 0 saturated carbocycles. The van der Waals surface area contributed by atoms with Crippen molar-refractivity contribution in [2.24, 2.45) is 5.92 Å². The summed E-state index contributed by atoms with van der Waals surface area (Å²) in [5, 5.41) is 11.3. The van der Waals surface area contributed by atoms with Crippen LogP contribution in [0.1, 0.15) is 36.9 Å². The number of aliphatic hydroxyl groups excluding tert-OH is 1. The van der Waals surface area contributed by atoms with Gasteiger partial charge in [-0.15, -0.1) is 0 Å². The second-order valence-corrected chi connectivity index (χ2v) is 8.63. The summed E-state index contributed by atoms with van der Waals surface area (Å²) < 4.78 is 5.46. The molecule has 31 heavy (non-hydrogen) atoms. The lowest BCUT2D eigenvalue weighted by atomic mass is 9.87. The molecule has 2 aliphatic rings. The predicted molar refractivity (Wildman–Crippen MR) is 117 cm³/mol. The number of likely N-dealkylation sites (tertiary alicyclic amines) is 1. The summed E-state index contributed by atoms with van der Waals surface area (Å²) in [6.45, 7) is 2.69. The summed E-state index contributed by atoms with van der Waals surface area (Å²) in [6, 6.07) is 18.5. The van der Waals surface area contributed by atoms with Gasteiger partial charge in [-0.1, -0.05) is 60.7 Å². The van der Waals surface area contributed by atoms with E-state index in [1.807, 2.05) is 67.7 Å². The zero-order valence-electron chi connectivity index (χ0n) is 18.1. The fourth-order valence-corrected chi connectivity index (χ4v) is 4.94. The third kappa shape index (κ3) is 4.36. The molecule has 0 bridgehead atoms. The van der Waals surface area contributed by atoms with Crippen molar-refractivity contribution < 1.29 is 19.4 Å². The van der Waals surface area contributed by atoms with Gasteiger partial charge in [0.05, 0.1) is 12.0 Å². The van der Waals surface area contributed by atoms with Crippen LogP contribution in [0.5, 0.6) is 0 Å². The monoisotopic (exact) mass is 422 g/mol. The molecule has 6 nitrogen and oxygen atoms in total. The lowest BCUT2D eigenvalue weighted by Gasteiger charge is -2.33. The molecule has 2 aliphatic heterocycles. The number of ether oxygens (including phenoxy) is 1. The second kappa shape index (κ2) is 9.20. The molecule has 0 spiro atoms. The summed E-state index contributed by atoms with van der Waals surface area (Å²) in [6.07, 6.45) is 0.212. The standard InChI is InChI=1S/C25H30N2O4/c1-17-22(19-12-7-4-8-13-19)27(25(30)31-17)24(29)20(16-18-10-5-3-6-11-18)23(28)21-14-9-15-26(21)2/h3-8,10-13,17,20-23,28H,9,14-16H2,1-2H3/t17-,20?,21?,22-,23?/m1/s1. The Kier molecular flexibility index (Phi) is 6.39. The molecule has 0 radical (unpaired) electrons. The SMILES string of the molecule is C[C@H]1OC(=O)N(C(=O)C(Cc2ccccc2)C(O)C2CCCN2C)[C@H]1c1ccccc1. The molecule has 2 fully saturated rings. The Hall–Kier alpha value is -2.70. The second-order valence-electron chi connectivity index (χ2n) is 8.63. The van der Waals surface area contributed by atoms with Gasteiger partial charge in [-0.05, 0) is 50.9 Å². The van der Waals surface area contributed by atoms with Crippen LogP contribution < -0.4 is 0 Å². The minimum Gasteiger partial charge on any atom is -0.443 e. The number of carbonyl (C=O) groups is 2. The first kappa shape index (κ1) is 21.5. The van der Waals surface area contributed by atoms with E-state index in [1.165, 1.54) is 4.90 Å². The zero-order chi connectivity index (χ0) is 22.0. The van der Waals surface area contributed by atoms with E-state index in [9.17, 15) is 14.7 Å². The fourth-order valence-electron chi connectivity index (χ4n) is 4.94. The third-order valence-corrected chi connectivity index (χ3v) is 6.58. The van der Waals surface area contributed by atoms with Crippen molar-refractivity contribution in [1.82, 2.24) is 9.80 Å². The number of likely N-dealkylation sites (N-methyl/N-ethyl adjacent to an activating group) is 1. The van der Waals surface area contributed by atoms with Crippen LogP contribution in [0.3, 0.4) is 0 Å². The molecule has 0 aromatic heterocycles. The molecule has 5 atom stereocenters. The third-order valence-electron chi connectivity index (χ3n) is 6.58. The Morgan fingerprint density at radius 3 is 2.39 bits per heavy atom. The molecule has 3 unspecified atom stereocenters. The highest BCUT2D eigenvalue weighted by atomic mass is 16.6. The van der Waals surface area contributed by atoms with Gasteiger partial charge in [0.15, 0.2) is 0 Å². The maximum Gasteiger partial charge on any atom is 0.417 e. The number of imide groups is 1. The highest BCUT2D eigenvalue weighted by Crippen LogP contribution is 2.36. The van der Waals surface area contributed by atoms with Crippen molar-refractivity contribution >= 4 is 12.0 Å². The van der Waals surface area contributed by atoms with Gasteiger partial charge in [-0.2, -0.15) is 0 Å². The maximum absolute atomic E-state index is 13.8. The van der Waals surface area contributed by atoms with E-state index in [2.05, 4.69) is 4.90 Å². The molecule has 0 aliphatic carbocycles. The average Bonchev–Trinajstić information content (AvgIpc) is 3.34. The Labute approximate surface area is 183 Å². The number of hydrogen-bond acceptors (Lipinski definition) is 5. The smallest absolute Gasteiger partial charge is 0.417 e. The number of rotatable bonds is 6. The largest absolute Gasteiger partial charge is 0.443 e. The minimum absolute atomic E-state index is 0.108. The minimum atomic E-state index is -0.875. The van der Waals surface area contributed by atoms with Gasteiger partial charge < -0.3 is 14.7 Å². The molecule has 4 rings (SSSR count). The van der Waals surface area contributed by atoms with Crippen LogP contribution in [0, 0.1) is 5.92 Å². The van der Waals surface area contributed by atoms with Crippen LogP contribution in [0.25, 0.3) is 0 Å². The summed E-state index contributed by atoms with van der Waals surface area (Å²) >= 11 is 0. The molecule has 2 aromatic rings. The summed E-state index contributed by atoms with van der Waals surface area (Å²) in [7, 11) is 1.98. The van der Waals surface area contributed by atoms with E-state index in [1.54, 1.807) is 6.92 Å². The van der Waals surface area contributed by atoms with Gasteiger partial charge in [-0.25, -0.2) is 9.69 Å². The normalized spacial score (nSPS) is 26.0. The van der Waals surface area contributed by atoms with Crippen LogP contribution in [0.15, 0.2) is 60.7 Å². The number of hydrogen-bond donors (Lipinski definition) is 1. The molecule has 2 aromatic carbocycles. The Morgan fingerprint density at radius 2 is 1.77 bits per heavy atom. The lowest BCUT2D eigenvalue weighted by molar-refractivity contribution is -0.139. The van der Waals surface area contributed by atoms with Crippen molar-refractivity contribution in [3.63, 3.8) is 0 Å². The number of nitrogens with zero attached hydrogens (tertiary/aromatic N) is 2. The number of aliphatic hydroxyl groups is 1. The molecular weight excluding hydrogens is 392 g/mol. The molecule has 1 N–H and O–H groups in total. The summed E-state index contributed by atoms with van der Waals surface area (Å²) in [4.78, 5) is 29.9. The van der Waals surface area contributed by atoms with Gasteiger partial charge in [0.2, 0.25) is 5.91 Å². The predicted octanol–water partition coefficient (Wildman–Crippen LogP) is 3.41. The van der Waals surface area contributed by atoms with E-state index >= 15 is 0 Å². The van der Waals surface area contributed by atoms with Crippen molar-refractivity contribution in [2.75, 3.05) is 13.6 Å². The van der Waals surface area contributed by atoms with E-state index in [0.717, 1.165) is 30.5 Å². The van der Waals surface area contributed by atoms with Crippen molar-refractivity contribution in [3.05, 3.63) is 71.8 Å². The van der Waals surface area contributed by atoms with Gasteiger partial charge in [0.25, 0.3) is 0 Å². The molecule has 2 saturated heterocycles. The number of carbonyl (C=O) groups excluding carboxylic acids is 2. The average molecular weight is 423 g/mol. The van der Waals surface area contributed by atoms with E-state index in [0.29, 0.717) is 6.42 Å². The molecule has 164 valence electrons. The van der Waals surface area contributed by atoms with Crippen molar-refractivity contribution in [1.29, 1.82) is 0 Å². The van der Waals surface area contributed by atoms with Crippen LogP contribution >= 0.6 is 0 Å². The maximum atomic E-state index is 13.8. The first-order chi connectivity index (χ1) is 15.0. The molecule has 6 heteroatoms. The van der Waals surface area contributed by atoms with Crippen LogP contribution in [-0.4, -0.2) is 58.7 Å². The quantitative estimate of drug-likeness (QED) is 0.773. The summed E-state index contributed by atoms with van der Waals surface area (Å²) in [5.41, 5.74) is 1.80. The van der Waals surface area contributed by atoms with Crippen LogP contribution in [0.2, 0.25) is 0 Å². The highest BCUT2D eigenvalue weighted by molar-refractivity contribution is 5.95. The van der Waals surface area contributed by atoms with Gasteiger partial charge in [0, 0.05) is 6.04 Å². The fraction of sp³-hybridized carbons (Fsp3) is 0.440. The van der Waals surface area contributed by atoms with Gasteiger partial charge in [-0.3, -0.25) is 4.79 Å². The van der Waals surface area contributed by atoms with E-state index in [4.69, 9.17) is 4.74 Å². The van der Waals surface area contributed by atoms with Gasteiger partial charge >= 0.3 is 6.09 Å². The number of amides is 2. The highest BCUT2D eigenvalue weighted by Gasteiger charge is 2.48. The van der Waals surface area contributed by atoms with Gasteiger partial charge in [0.1, 0.15) is 12.1 Å². The molecule has 2 amide bonds. The van der Waals surface area contributed by atoms with Crippen LogP contribution in [-0.2, 0) is 16.0 Å². The Balaban J connectivity index is 1.67. The number of benzene rings is 2. The summed E-state index contributed by atoms with van der Waals surface area (Å²) in [5.74, 6) is -1.11. The van der Waals surface area contributed by atoms with E-state index < -0.39 is 30.3 Å². The van der Waals surface area contributed by atoms with Crippen molar-refractivity contribution in [2.45, 2.75) is 50.5 Å². The lowest BCUT2D eigenvalue weighted by Crippen LogP contribution is -2.50. The molecule has 2 heterocycles. The topological polar surface area (TPSA) is 70.1 Å². The molecular formula is C25H30N2O4. The van der Waals surface area contributed by atoms with Crippen molar-refractivity contribution in [3.8, 4) is 0 Å². The Bertz CT molecular complexity index is 904. The number of cyclic esters (lactones) is 1. The van der Waals surface area contributed by atoms with E-state index in [-0.39, 0.29) is 11.9 Å². The first-order valence-corrected chi connectivity index (χ1v) is 11.0. The Morgan fingerprint density at radius 1 is 1.13 bits per heavy atom.